The zero-order chi connectivity index (χ0) is 15.6. The topological polar surface area (TPSA) is 50.9 Å². The van der Waals surface area contributed by atoms with Gasteiger partial charge >= 0.3 is 0 Å². The van der Waals surface area contributed by atoms with E-state index in [0.717, 1.165) is 24.3 Å². The third-order valence-corrected chi connectivity index (χ3v) is 6.40. The lowest BCUT2D eigenvalue weighted by molar-refractivity contribution is 0.00189. The molecule has 22 heavy (non-hydrogen) atoms. The van der Waals surface area contributed by atoms with Gasteiger partial charge in [0.2, 0.25) is 0 Å². The molecule has 0 radical (unpaired) electrons. The lowest BCUT2D eigenvalue weighted by Gasteiger charge is -2.36. The molecule has 1 aliphatic rings. The fourth-order valence-corrected chi connectivity index (χ4v) is 4.19. The molecule has 1 aromatic heterocycles. The van der Waals surface area contributed by atoms with Crippen molar-refractivity contribution in [1.29, 1.82) is 0 Å². The summed E-state index contributed by atoms with van der Waals surface area (Å²) in [6.07, 6.45) is 8.91. The van der Waals surface area contributed by atoms with Gasteiger partial charge in [0.05, 0.1) is 12.1 Å². The SMILES string of the molecule is CSC1(C(O)(CCc2ccc(Cl)cc2)Cn2cncn2)CC1. The summed E-state index contributed by atoms with van der Waals surface area (Å²) in [6, 6.07) is 7.84. The van der Waals surface area contributed by atoms with Crippen LogP contribution in [-0.4, -0.2) is 36.5 Å². The summed E-state index contributed by atoms with van der Waals surface area (Å²) >= 11 is 7.70. The minimum absolute atomic E-state index is 0.0502. The van der Waals surface area contributed by atoms with Crippen LogP contribution >= 0.6 is 23.4 Å². The summed E-state index contributed by atoms with van der Waals surface area (Å²) < 4.78 is 1.68. The third kappa shape index (κ3) is 3.16. The number of aromatic nitrogens is 3. The van der Waals surface area contributed by atoms with E-state index in [1.807, 2.05) is 24.3 Å². The van der Waals surface area contributed by atoms with Crippen molar-refractivity contribution in [3.63, 3.8) is 0 Å². The van der Waals surface area contributed by atoms with Crippen molar-refractivity contribution >= 4 is 23.4 Å². The van der Waals surface area contributed by atoms with Crippen molar-refractivity contribution in [2.45, 2.75) is 42.6 Å². The molecule has 1 fully saturated rings. The predicted octanol–water partition coefficient (Wildman–Crippen LogP) is 3.19. The van der Waals surface area contributed by atoms with E-state index in [-0.39, 0.29) is 4.75 Å². The van der Waals surface area contributed by atoms with Crippen LogP contribution in [0, 0.1) is 0 Å². The fraction of sp³-hybridized carbons (Fsp3) is 0.500. The van der Waals surface area contributed by atoms with Crippen molar-refractivity contribution in [3.05, 3.63) is 47.5 Å². The summed E-state index contributed by atoms with van der Waals surface area (Å²) in [5.41, 5.74) is 0.415. The maximum atomic E-state index is 11.4. The first-order valence-corrected chi connectivity index (χ1v) is 9.02. The van der Waals surface area contributed by atoms with Gasteiger partial charge in [-0.3, -0.25) is 4.68 Å². The van der Waals surface area contributed by atoms with Crippen LogP contribution in [0.15, 0.2) is 36.9 Å². The number of thioether (sulfide) groups is 1. The monoisotopic (exact) mass is 337 g/mol. The lowest BCUT2D eigenvalue weighted by atomic mass is 9.89. The molecular weight excluding hydrogens is 318 g/mol. The summed E-state index contributed by atoms with van der Waals surface area (Å²) in [6.45, 7) is 0.488. The molecule has 1 aromatic carbocycles. The maximum Gasteiger partial charge on any atom is 0.137 e. The minimum Gasteiger partial charge on any atom is -0.386 e. The second kappa shape index (κ2) is 6.22. The van der Waals surface area contributed by atoms with E-state index in [2.05, 4.69) is 16.3 Å². The quantitative estimate of drug-likeness (QED) is 0.843. The van der Waals surface area contributed by atoms with Gasteiger partial charge < -0.3 is 5.11 Å². The standard InChI is InChI=1S/C16H20ClN3OS/c1-22-16(8-9-16)15(21,10-20-12-18-11-19-20)7-6-13-2-4-14(17)5-3-13/h2-5,11-12,21H,6-10H2,1H3. The van der Waals surface area contributed by atoms with E-state index in [1.165, 1.54) is 11.9 Å². The molecule has 0 spiro atoms. The zero-order valence-corrected chi connectivity index (χ0v) is 14.1. The molecule has 3 rings (SSSR count). The Morgan fingerprint density at radius 3 is 2.64 bits per heavy atom. The molecular formula is C16H20ClN3OS. The first kappa shape index (κ1) is 15.8. The van der Waals surface area contributed by atoms with Gasteiger partial charge in [-0.2, -0.15) is 16.9 Å². The highest BCUT2D eigenvalue weighted by Gasteiger charge is 2.58. The van der Waals surface area contributed by atoms with Crippen molar-refractivity contribution in [1.82, 2.24) is 14.8 Å². The number of nitrogens with zero attached hydrogens (tertiary/aromatic N) is 3. The molecule has 0 bridgehead atoms. The lowest BCUT2D eigenvalue weighted by Crippen LogP contribution is -2.46. The van der Waals surface area contributed by atoms with Crippen molar-refractivity contribution in [2.75, 3.05) is 6.26 Å². The Balaban J connectivity index is 1.75. The molecule has 1 atom stereocenters. The van der Waals surface area contributed by atoms with E-state index >= 15 is 0 Å². The van der Waals surface area contributed by atoms with E-state index in [9.17, 15) is 5.11 Å². The Morgan fingerprint density at radius 1 is 1.36 bits per heavy atom. The van der Waals surface area contributed by atoms with Gasteiger partial charge in [-0.25, -0.2) is 4.98 Å². The molecule has 2 aromatic rings. The van der Waals surface area contributed by atoms with Crippen molar-refractivity contribution in [3.8, 4) is 0 Å². The Labute approximate surface area is 139 Å². The first-order chi connectivity index (χ1) is 10.6. The molecule has 4 nitrogen and oxygen atoms in total. The Bertz CT molecular complexity index is 613. The second-order valence-electron chi connectivity index (χ2n) is 5.95. The van der Waals surface area contributed by atoms with Crippen LogP contribution in [0.1, 0.15) is 24.8 Å². The summed E-state index contributed by atoms with van der Waals surface area (Å²) in [4.78, 5) is 3.98. The van der Waals surface area contributed by atoms with E-state index in [4.69, 9.17) is 11.6 Å². The zero-order valence-electron chi connectivity index (χ0n) is 12.6. The number of rotatable bonds is 7. The number of hydrogen-bond donors (Lipinski definition) is 1. The average molecular weight is 338 g/mol. The molecule has 1 aliphatic carbocycles. The largest absolute Gasteiger partial charge is 0.386 e. The number of benzene rings is 1. The van der Waals surface area contributed by atoms with E-state index < -0.39 is 5.60 Å². The summed E-state index contributed by atoms with van der Waals surface area (Å²) in [5.74, 6) is 0. The molecule has 1 unspecified atom stereocenters. The van der Waals surface area contributed by atoms with Crippen LogP contribution in [0.25, 0.3) is 0 Å². The molecule has 1 N–H and O–H groups in total. The Hall–Kier alpha value is -1.04. The number of aryl methyl sites for hydroxylation is 1. The Kier molecular flexibility index (Phi) is 4.48. The summed E-state index contributed by atoms with van der Waals surface area (Å²) in [5, 5.41) is 16.3. The van der Waals surface area contributed by atoms with Crippen LogP contribution < -0.4 is 0 Å². The van der Waals surface area contributed by atoms with E-state index in [1.54, 1.807) is 22.8 Å². The van der Waals surface area contributed by atoms with Gasteiger partial charge in [-0.05, 0) is 49.6 Å². The smallest absolute Gasteiger partial charge is 0.137 e. The molecule has 1 heterocycles. The van der Waals surface area contributed by atoms with Gasteiger partial charge in [0, 0.05) is 9.77 Å². The molecule has 0 amide bonds. The molecule has 0 aliphatic heterocycles. The number of halogens is 1. The van der Waals surface area contributed by atoms with Crippen LogP contribution in [0.5, 0.6) is 0 Å². The molecule has 118 valence electrons. The van der Waals surface area contributed by atoms with Crippen LogP contribution in [0.2, 0.25) is 5.02 Å². The van der Waals surface area contributed by atoms with Gasteiger partial charge in [-0.15, -0.1) is 0 Å². The minimum atomic E-state index is -0.778. The van der Waals surface area contributed by atoms with Gasteiger partial charge in [-0.1, -0.05) is 23.7 Å². The first-order valence-electron chi connectivity index (χ1n) is 7.41. The molecule has 0 saturated heterocycles. The molecule has 1 saturated carbocycles. The molecule has 6 heteroatoms. The highest BCUT2D eigenvalue weighted by Crippen LogP contribution is 2.56. The fourth-order valence-electron chi connectivity index (χ4n) is 3.01. The third-order valence-electron chi connectivity index (χ3n) is 4.57. The second-order valence-corrected chi connectivity index (χ2v) is 7.58. The highest BCUT2D eigenvalue weighted by molar-refractivity contribution is 8.00. The summed E-state index contributed by atoms with van der Waals surface area (Å²) in [7, 11) is 0. The number of aliphatic hydroxyl groups is 1. The highest BCUT2D eigenvalue weighted by atomic mass is 35.5. The van der Waals surface area contributed by atoms with Crippen LogP contribution in [0.3, 0.4) is 0 Å². The van der Waals surface area contributed by atoms with Crippen molar-refractivity contribution < 1.29 is 5.11 Å². The van der Waals surface area contributed by atoms with Gasteiger partial charge in [0.15, 0.2) is 0 Å². The normalized spacial score (nSPS) is 18.9. The Morgan fingerprint density at radius 2 is 2.09 bits per heavy atom. The number of hydrogen-bond acceptors (Lipinski definition) is 4. The van der Waals surface area contributed by atoms with Gasteiger partial charge in [0.1, 0.15) is 12.7 Å². The van der Waals surface area contributed by atoms with E-state index in [0.29, 0.717) is 13.0 Å². The maximum absolute atomic E-state index is 11.4. The van der Waals surface area contributed by atoms with Crippen LogP contribution in [-0.2, 0) is 13.0 Å². The van der Waals surface area contributed by atoms with Crippen molar-refractivity contribution in [2.24, 2.45) is 0 Å². The van der Waals surface area contributed by atoms with Crippen LogP contribution in [0.4, 0.5) is 0 Å². The average Bonchev–Trinajstić information content (AvgIpc) is 3.19. The predicted molar refractivity (Wildman–Crippen MR) is 90.2 cm³/mol. The van der Waals surface area contributed by atoms with Gasteiger partial charge in [0.25, 0.3) is 0 Å².